The first-order chi connectivity index (χ1) is 25.9. The molecule has 14 heteroatoms. The van der Waals surface area contributed by atoms with E-state index >= 15 is 13.2 Å². The molecule has 1 aliphatic carbocycles. The molecule has 3 N–H and O–H groups in total. The van der Waals surface area contributed by atoms with E-state index in [1.54, 1.807) is 31.0 Å². The van der Waals surface area contributed by atoms with Crippen LogP contribution in [0.15, 0.2) is 66.9 Å². The smallest absolute Gasteiger partial charge is 0.344 e. The second kappa shape index (κ2) is 18.2. The van der Waals surface area contributed by atoms with Gasteiger partial charge in [0, 0.05) is 56.8 Å². The third-order valence-corrected chi connectivity index (χ3v) is 10.3. The van der Waals surface area contributed by atoms with E-state index in [1.807, 2.05) is 18.2 Å². The van der Waals surface area contributed by atoms with Crippen molar-refractivity contribution in [1.29, 1.82) is 5.26 Å². The van der Waals surface area contributed by atoms with Gasteiger partial charge in [-0.25, -0.2) is 4.39 Å². The van der Waals surface area contributed by atoms with Crippen molar-refractivity contribution in [3.05, 3.63) is 95.1 Å². The highest BCUT2D eigenvalue weighted by Crippen LogP contribution is 2.32. The Hall–Kier alpha value is -5.29. The molecule has 5 rings (SSSR count). The summed E-state index contributed by atoms with van der Waals surface area (Å²) in [5, 5.41) is 16.7. The molecule has 0 radical (unpaired) electrons. The number of piperazine rings is 1. The van der Waals surface area contributed by atoms with E-state index in [0.29, 0.717) is 51.1 Å². The average Bonchev–Trinajstić information content (AvgIpc) is 3.20. The highest BCUT2D eigenvalue weighted by Gasteiger charge is 2.44. The summed E-state index contributed by atoms with van der Waals surface area (Å²) in [6, 6.07) is 13.7. The highest BCUT2D eigenvalue weighted by molar-refractivity contribution is 5.98. The molecule has 2 fully saturated rings. The number of carbonyl (C=O) groups is 4. The van der Waals surface area contributed by atoms with Crippen LogP contribution in [-0.4, -0.2) is 76.7 Å². The standard InChI is InChI=1S/C40H46F3N7O4/c1-3-34(51)47-35(38(53)50-20-18-49(19-21-50)25-31-14-7-8-17-45-31)26(2)29-15-16-33(32(41)23-29)46-37(52)36(28-11-5-4-6-12-28)48-39(54)40(42,43)30-13-9-10-27(22-30)24-44/h7-10,13-17,22-23,26,28,35-36H,3-6,11-12,18-21,25H2,1-2H3,(H,46,52)(H,47,51)(H,48,54)/t26-,35+,36-/m0/s1. The van der Waals surface area contributed by atoms with Crippen molar-refractivity contribution >= 4 is 29.3 Å². The summed E-state index contributed by atoms with van der Waals surface area (Å²) in [5.41, 5.74) is 0.353. The number of alkyl halides is 2. The van der Waals surface area contributed by atoms with Crippen LogP contribution < -0.4 is 16.0 Å². The zero-order chi connectivity index (χ0) is 38.8. The monoisotopic (exact) mass is 745 g/mol. The quantitative estimate of drug-likeness (QED) is 0.217. The number of nitriles is 1. The van der Waals surface area contributed by atoms with Crippen molar-refractivity contribution in [2.75, 3.05) is 31.5 Å². The van der Waals surface area contributed by atoms with Crippen LogP contribution in [0.3, 0.4) is 0 Å². The van der Waals surface area contributed by atoms with Crippen molar-refractivity contribution in [2.24, 2.45) is 5.92 Å². The minimum Gasteiger partial charge on any atom is -0.344 e. The molecule has 1 saturated carbocycles. The van der Waals surface area contributed by atoms with Crippen LogP contribution in [0.1, 0.15) is 80.7 Å². The summed E-state index contributed by atoms with van der Waals surface area (Å²) >= 11 is 0. The minimum absolute atomic E-state index is 0.0476. The largest absolute Gasteiger partial charge is 0.349 e. The number of nitrogens with zero attached hydrogens (tertiary/aromatic N) is 4. The Balaban J connectivity index is 1.29. The van der Waals surface area contributed by atoms with Gasteiger partial charge in [0.15, 0.2) is 0 Å². The van der Waals surface area contributed by atoms with Gasteiger partial charge in [0.25, 0.3) is 5.91 Å². The maximum absolute atomic E-state index is 15.7. The zero-order valence-corrected chi connectivity index (χ0v) is 30.5. The van der Waals surface area contributed by atoms with E-state index < -0.39 is 53.0 Å². The van der Waals surface area contributed by atoms with Crippen LogP contribution in [0, 0.1) is 23.1 Å². The van der Waals surface area contributed by atoms with E-state index in [9.17, 15) is 19.2 Å². The molecule has 4 amide bonds. The minimum atomic E-state index is -4.04. The van der Waals surface area contributed by atoms with Crippen molar-refractivity contribution < 1.29 is 32.3 Å². The SMILES string of the molecule is CCC(=O)N[C@@H](C(=O)N1CCN(Cc2ccccn2)CC1)[C@@H](C)c1ccc(NC(=O)[C@@H](NC(=O)C(F)(F)c2cccc(C#N)c2)C2CCCCC2)c(F)c1. The number of pyridine rings is 1. The Labute approximate surface area is 313 Å². The first kappa shape index (κ1) is 39.9. The molecule has 1 aromatic heterocycles. The molecule has 2 heterocycles. The summed E-state index contributed by atoms with van der Waals surface area (Å²) in [4.78, 5) is 61.4. The van der Waals surface area contributed by atoms with Crippen LogP contribution in [-0.2, 0) is 31.6 Å². The summed E-state index contributed by atoms with van der Waals surface area (Å²) in [6.07, 6.45) is 5.26. The summed E-state index contributed by atoms with van der Waals surface area (Å²) in [5.74, 6) is -9.17. The van der Waals surface area contributed by atoms with E-state index in [4.69, 9.17) is 5.26 Å². The fourth-order valence-corrected chi connectivity index (χ4v) is 7.05. The van der Waals surface area contributed by atoms with Crippen LogP contribution in [0.25, 0.3) is 0 Å². The van der Waals surface area contributed by atoms with Gasteiger partial charge in [-0.15, -0.1) is 0 Å². The van der Waals surface area contributed by atoms with Crippen molar-refractivity contribution in [1.82, 2.24) is 25.4 Å². The molecule has 3 aromatic rings. The topological polar surface area (TPSA) is 148 Å². The lowest BCUT2D eigenvalue weighted by Crippen LogP contribution is -2.56. The third kappa shape index (κ3) is 9.82. The van der Waals surface area contributed by atoms with Gasteiger partial charge >= 0.3 is 5.92 Å². The normalized spacial score (nSPS) is 17.1. The predicted molar refractivity (Wildman–Crippen MR) is 195 cm³/mol. The van der Waals surface area contributed by atoms with Gasteiger partial charge in [-0.1, -0.05) is 57.4 Å². The molecule has 286 valence electrons. The molecule has 11 nitrogen and oxygen atoms in total. The molecular weight excluding hydrogens is 699 g/mol. The van der Waals surface area contributed by atoms with Crippen molar-refractivity contribution in [3.8, 4) is 6.07 Å². The molecule has 3 atom stereocenters. The Morgan fingerprint density at radius 3 is 2.35 bits per heavy atom. The number of amides is 4. The maximum Gasteiger partial charge on any atom is 0.349 e. The van der Waals surface area contributed by atoms with Gasteiger partial charge in [0.2, 0.25) is 17.7 Å². The van der Waals surface area contributed by atoms with Crippen LogP contribution in [0.2, 0.25) is 0 Å². The lowest BCUT2D eigenvalue weighted by Gasteiger charge is -2.37. The Morgan fingerprint density at radius 2 is 1.70 bits per heavy atom. The number of rotatable bonds is 13. The number of benzene rings is 2. The van der Waals surface area contributed by atoms with Gasteiger partial charge in [-0.05, 0) is 60.7 Å². The zero-order valence-electron chi connectivity index (χ0n) is 30.5. The highest BCUT2D eigenvalue weighted by atomic mass is 19.3. The molecule has 2 aliphatic rings. The number of halogens is 3. The van der Waals surface area contributed by atoms with Crippen molar-refractivity contribution in [3.63, 3.8) is 0 Å². The fourth-order valence-electron chi connectivity index (χ4n) is 7.05. The van der Waals surface area contributed by atoms with Gasteiger partial charge in [-0.2, -0.15) is 14.0 Å². The fraction of sp³-hybridized carbons (Fsp3) is 0.450. The number of hydrogen-bond acceptors (Lipinski definition) is 7. The van der Waals surface area contributed by atoms with Gasteiger partial charge in [-0.3, -0.25) is 29.1 Å². The Kier molecular flexibility index (Phi) is 13.4. The number of aromatic nitrogens is 1. The van der Waals surface area contributed by atoms with Crippen LogP contribution >= 0.6 is 0 Å². The van der Waals surface area contributed by atoms with E-state index in [2.05, 4.69) is 25.8 Å². The molecule has 2 aromatic carbocycles. The number of carbonyl (C=O) groups excluding carboxylic acids is 4. The Bertz CT molecular complexity index is 1840. The average molecular weight is 746 g/mol. The van der Waals surface area contributed by atoms with Crippen LogP contribution in [0.4, 0.5) is 18.9 Å². The van der Waals surface area contributed by atoms with Crippen molar-refractivity contribution in [2.45, 2.75) is 82.8 Å². The van der Waals surface area contributed by atoms with E-state index in [0.717, 1.165) is 37.1 Å². The first-order valence-corrected chi connectivity index (χ1v) is 18.4. The lowest BCUT2D eigenvalue weighted by atomic mass is 9.83. The predicted octanol–water partition coefficient (Wildman–Crippen LogP) is 5.23. The molecule has 1 saturated heterocycles. The van der Waals surface area contributed by atoms with Gasteiger partial charge < -0.3 is 20.9 Å². The second-order valence-electron chi connectivity index (χ2n) is 14.0. The number of hydrogen-bond donors (Lipinski definition) is 3. The molecule has 0 unspecified atom stereocenters. The van der Waals surface area contributed by atoms with E-state index in [-0.39, 0.29) is 29.5 Å². The summed E-state index contributed by atoms with van der Waals surface area (Å²) in [7, 11) is 0. The van der Waals surface area contributed by atoms with Gasteiger partial charge in [0.1, 0.15) is 17.9 Å². The second-order valence-corrected chi connectivity index (χ2v) is 14.0. The molecular formula is C40H46F3N7O4. The van der Waals surface area contributed by atoms with E-state index in [1.165, 1.54) is 30.3 Å². The number of nitrogens with one attached hydrogen (secondary N) is 3. The molecule has 0 bridgehead atoms. The van der Waals surface area contributed by atoms with Crippen LogP contribution in [0.5, 0.6) is 0 Å². The summed E-state index contributed by atoms with van der Waals surface area (Å²) in [6.45, 7) is 6.13. The van der Waals surface area contributed by atoms with Gasteiger partial charge in [0.05, 0.1) is 23.0 Å². The number of anilines is 1. The lowest BCUT2D eigenvalue weighted by molar-refractivity contribution is -0.149. The molecule has 1 aliphatic heterocycles. The summed E-state index contributed by atoms with van der Waals surface area (Å²) < 4.78 is 46.4. The Morgan fingerprint density at radius 1 is 0.963 bits per heavy atom. The maximum atomic E-state index is 15.7. The first-order valence-electron chi connectivity index (χ1n) is 18.4. The molecule has 0 spiro atoms. The third-order valence-electron chi connectivity index (χ3n) is 10.3. The molecule has 54 heavy (non-hydrogen) atoms.